The van der Waals surface area contributed by atoms with Crippen molar-refractivity contribution in [3.63, 3.8) is 0 Å². The maximum atomic E-state index is 13.2. The van der Waals surface area contributed by atoms with Gasteiger partial charge in [-0.15, -0.1) is 0 Å². The highest BCUT2D eigenvalue weighted by atomic mass is 32.2. The molecular weight excluding hydrogens is 388 g/mol. The summed E-state index contributed by atoms with van der Waals surface area (Å²) < 4.78 is 33.5. The summed E-state index contributed by atoms with van der Waals surface area (Å²) >= 11 is 0. The molecule has 0 unspecified atom stereocenters. The van der Waals surface area contributed by atoms with Crippen molar-refractivity contribution in [2.45, 2.75) is 50.5 Å². The van der Waals surface area contributed by atoms with Crippen LogP contribution in [0.2, 0.25) is 0 Å². The molecule has 0 spiro atoms. The van der Waals surface area contributed by atoms with Gasteiger partial charge in [-0.3, -0.25) is 4.79 Å². The van der Waals surface area contributed by atoms with Gasteiger partial charge in [0.1, 0.15) is 5.75 Å². The summed E-state index contributed by atoms with van der Waals surface area (Å²) in [5.74, 6) is 0.263. The number of aryl methyl sites for hydroxylation is 1. The lowest BCUT2D eigenvalue weighted by Gasteiger charge is -2.22. The molecule has 7 heteroatoms. The van der Waals surface area contributed by atoms with E-state index in [-0.39, 0.29) is 10.8 Å². The summed E-state index contributed by atoms with van der Waals surface area (Å²) in [6.07, 6.45) is 3.15. The van der Waals surface area contributed by atoms with E-state index in [0.717, 1.165) is 25.7 Å². The van der Waals surface area contributed by atoms with Gasteiger partial charge in [0.25, 0.3) is 5.91 Å². The summed E-state index contributed by atoms with van der Waals surface area (Å²) in [6.45, 7) is 4.52. The molecule has 1 N–H and O–H groups in total. The fourth-order valence-electron chi connectivity index (χ4n) is 3.38. The largest absolute Gasteiger partial charge is 0.481 e. The predicted molar refractivity (Wildman–Crippen MR) is 114 cm³/mol. The molecule has 1 aliphatic heterocycles. The topological polar surface area (TPSA) is 75.7 Å². The molecule has 2 aromatic rings. The van der Waals surface area contributed by atoms with Crippen molar-refractivity contribution in [3.05, 3.63) is 54.1 Å². The van der Waals surface area contributed by atoms with Gasteiger partial charge < -0.3 is 10.1 Å². The van der Waals surface area contributed by atoms with Gasteiger partial charge in [-0.2, -0.15) is 4.31 Å². The first-order valence-electron chi connectivity index (χ1n) is 10.0. The van der Waals surface area contributed by atoms with E-state index in [1.807, 2.05) is 18.2 Å². The van der Waals surface area contributed by atoms with Crippen LogP contribution in [0.25, 0.3) is 0 Å². The first-order valence-corrected chi connectivity index (χ1v) is 11.5. The third-order valence-electron chi connectivity index (χ3n) is 5.06. The maximum absolute atomic E-state index is 13.2. The summed E-state index contributed by atoms with van der Waals surface area (Å²) in [6, 6.07) is 14.1. The van der Waals surface area contributed by atoms with E-state index in [4.69, 9.17) is 4.74 Å². The second-order valence-electron chi connectivity index (χ2n) is 7.36. The number of rotatable bonds is 6. The van der Waals surface area contributed by atoms with E-state index < -0.39 is 16.1 Å². The standard InChI is InChI=1S/C22H28N2O4S/c1-17-12-13-19(23-22(25)18(2)28-20-10-6-5-7-11-20)16-21(17)29(26,27)24-14-8-3-4-9-15-24/h5-7,10-13,16,18H,3-4,8-9,14-15H2,1-2H3,(H,23,25)/t18-/m1/s1. The highest BCUT2D eigenvalue weighted by Gasteiger charge is 2.27. The molecule has 0 aromatic heterocycles. The zero-order valence-electron chi connectivity index (χ0n) is 16.9. The monoisotopic (exact) mass is 416 g/mol. The number of para-hydroxylation sites is 1. The van der Waals surface area contributed by atoms with Crippen LogP contribution in [0, 0.1) is 6.92 Å². The Bertz CT molecular complexity index is 937. The Labute approximate surface area is 172 Å². The van der Waals surface area contributed by atoms with Crippen LogP contribution in [-0.4, -0.2) is 37.8 Å². The zero-order valence-corrected chi connectivity index (χ0v) is 17.7. The molecule has 0 saturated carbocycles. The molecule has 29 heavy (non-hydrogen) atoms. The number of carbonyl (C=O) groups is 1. The van der Waals surface area contributed by atoms with Crippen LogP contribution in [0.15, 0.2) is 53.4 Å². The van der Waals surface area contributed by atoms with Crippen LogP contribution in [-0.2, 0) is 14.8 Å². The van der Waals surface area contributed by atoms with Crippen LogP contribution >= 0.6 is 0 Å². The molecule has 0 aliphatic carbocycles. The van der Waals surface area contributed by atoms with Crippen LogP contribution < -0.4 is 10.1 Å². The number of nitrogens with one attached hydrogen (secondary N) is 1. The fourth-order valence-corrected chi connectivity index (χ4v) is 5.15. The Balaban J connectivity index is 1.75. The summed E-state index contributed by atoms with van der Waals surface area (Å²) in [7, 11) is -3.59. The third-order valence-corrected chi connectivity index (χ3v) is 7.10. The molecule has 1 atom stereocenters. The summed E-state index contributed by atoms with van der Waals surface area (Å²) in [5.41, 5.74) is 1.11. The number of hydrogen-bond acceptors (Lipinski definition) is 4. The highest BCUT2D eigenvalue weighted by molar-refractivity contribution is 7.89. The number of ether oxygens (including phenoxy) is 1. The number of anilines is 1. The molecule has 1 fully saturated rings. The van der Waals surface area contributed by atoms with Gasteiger partial charge in [0.2, 0.25) is 10.0 Å². The predicted octanol–water partition coefficient (Wildman–Crippen LogP) is 3.97. The summed E-state index contributed by atoms with van der Waals surface area (Å²) in [4.78, 5) is 12.8. The van der Waals surface area contributed by atoms with E-state index in [9.17, 15) is 13.2 Å². The fraction of sp³-hybridized carbons (Fsp3) is 0.409. The van der Waals surface area contributed by atoms with Gasteiger partial charge in [-0.1, -0.05) is 37.1 Å². The van der Waals surface area contributed by atoms with Crippen molar-refractivity contribution in [3.8, 4) is 5.75 Å². The normalized spacial score (nSPS) is 16.6. The second kappa shape index (κ2) is 9.41. The molecular formula is C22H28N2O4S. The van der Waals surface area contributed by atoms with E-state index in [2.05, 4.69) is 5.32 Å². The van der Waals surface area contributed by atoms with Gasteiger partial charge in [-0.05, 0) is 56.5 Å². The Hall–Kier alpha value is -2.38. The molecule has 0 radical (unpaired) electrons. The molecule has 1 heterocycles. The average molecular weight is 417 g/mol. The van der Waals surface area contributed by atoms with Crippen molar-refractivity contribution < 1.29 is 17.9 Å². The molecule has 1 saturated heterocycles. The van der Waals surface area contributed by atoms with Gasteiger partial charge in [0.05, 0.1) is 4.90 Å². The maximum Gasteiger partial charge on any atom is 0.265 e. The first kappa shape index (κ1) is 21.3. The van der Waals surface area contributed by atoms with E-state index in [1.165, 1.54) is 0 Å². The van der Waals surface area contributed by atoms with Crippen molar-refractivity contribution in [1.82, 2.24) is 4.31 Å². The number of carbonyl (C=O) groups excluding carboxylic acids is 1. The summed E-state index contributed by atoms with van der Waals surface area (Å²) in [5, 5.41) is 2.77. The molecule has 1 amide bonds. The van der Waals surface area contributed by atoms with Crippen LogP contribution in [0.5, 0.6) is 5.75 Å². The van der Waals surface area contributed by atoms with Gasteiger partial charge in [0, 0.05) is 18.8 Å². The van der Waals surface area contributed by atoms with Gasteiger partial charge >= 0.3 is 0 Å². The Morgan fingerprint density at radius 3 is 2.34 bits per heavy atom. The van der Waals surface area contributed by atoms with Crippen molar-refractivity contribution >= 4 is 21.6 Å². The lowest BCUT2D eigenvalue weighted by atomic mass is 10.2. The second-order valence-corrected chi connectivity index (χ2v) is 9.27. The van der Waals surface area contributed by atoms with Crippen molar-refractivity contribution in [2.75, 3.05) is 18.4 Å². The number of amides is 1. The van der Waals surface area contributed by atoms with Crippen LogP contribution in [0.3, 0.4) is 0 Å². The minimum atomic E-state index is -3.59. The highest BCUT2D eigenvalue weighted by Crippen LogP contribution is 2.26. The minimum Gasteiger partial charge on any atom is -0.481 e. The molecule has 156 valence electrons. The van der Waals surface area contributed by atoms with E-state index >= 15 is 0 Å². The third kappa shape index (κ3) is 5.36. The number of benzene rings is 2. The molecule has 2 aromatic carbocycles. The van der Waals surface area contributed by atoms with Crippen molar-refractivity contribution in [1.29, 1.82) is 0 Å². The number of hydrogen-bond donors (Lipinski definition) is 1. The molecule has 6 nitrogen and oxygen atoms in total. The minimum absolute atomic E-state index is 0.244. The first-order chi connectivity index (χ1) is 13.9. The van der Waals surface area contributed by atoms with Crippen LogP contribution in [0.4, 0.5) is 5.69 Å². The number of sulfonamides is 1. The Morgan fingerprint density at radius 1 is 1.03 bits per heavy atom. The molecule has 0 bridgehead atoms. The smallest absolute Gasteiger partial charge is 0.265 e. The SMILES string of the molecule is Cc1ccc(NC(=O)[C@@H](C)Oc2ccccc2)cc1S(=O)(=O)N1CCCCCC1. The average Bonchev–Trinajstić information content (AvgIpc) is 3.00. The van der Waals surface area contributed by atoms with Crippen molar-refractivity contribution in [2.24, 2.45) is 0 Å². The molecule has 3 rings (SSSR count). The lowest BCUT2D eigenvalue weighted by molar-refractivity contribution is -0.122. The Morgan fingerprint density at radius 2 is 1.69 bits per heavy atom. The van der Waals surface area contributed by atoms with Crippen LogP contribution in [0.1, 0.15) is 38.2 Å². The van der Waals surface area contributed by atoms with Gasteiger partial charge in [0.15, 0.2) is 6.10 Å². The molecule has 1 aliphatic rings. The van der Waals surface area contributed by atoms with E-state index in [1.54, 1.807) is 48.5 Å². The Kier molecular flexibility index (Phi) is 6.92. The number of nitrogens with zero attached hydrogens (tertiary/aromatic N) is 1. The quantitative estimate of drug-likeness (QED) is 0.773. The zero-order chi connectivity index (χ0) is 20.9. The lowest BCUT2D eigenvalue weighted by Crippen LogP contribution is -2.33. The van der Waals surface area contributed by atoms with Gasteiger partial charge in [-0.25, -0.2) is 8.42 Å². The van der Waals surface area contributed by atoms with E-state index in [0.29, 0.717) is 30.1 Å².